The fraction of sp³-hybridized carbons (Fsp3) is 0.300. The Balaban J connectivity index is 2.38. The van der Waals surface area contributed by atoms with Gasteiger partial charge in [0, 0.05) is 13.1 Å². The summed E-state index contributed by atoms with van der Waals surface area (Å²) in [6.07, 6.45) is 0. The lowest BCUT2D eigenvalue weighted by Gasteiger charge is -2.05. The predicted octanol–water partition coefficient (Wildman–Crippen LogP) is 0.259. The number of nitrogens with zero attached hydrogens (tertiary/aromatic N) is 3. The quantitative estimate of drug-likeness (QED) is 0.742. The molecular weight excluding hydrogens is 286 g/mol. The van der Waals surface area contributed by atoms with Gasteiger partial charge in [-0.15, -0.1) is 0 Å². The zero-order valence-corrected chi connectivity index (χ0v) is 11.8. The maximum atomic E-state index is 12.3. The minimum Gasteiger partial charge on any atom is -0.477 e. The summed E-state index contributed by atoms with van der Waals surface area (Å²) in [7, 11) is -2.24. The Morgan fingerprint density at radius 3 is 2.55 bits per heavy atom. The second kappa shape index (κ2) is 4.63. The van der Waals surface area contributed by atoms with Crippen molar-refractivity contribution < 1.29 is 18.3 Å². The second-order valence-electron chi connectivity index (χ2n) is 4.20. The number of carboxylic acid groups (broad SMARTS) is 1. The number of rotatable bonds is 4. The smallest absolute Gasteiger partial charge is 0.353 e. The zero-order valence-electron chi connectivity index (χ0n) is 11.0. The number of aromatic nitrogens is 4. The lowest BCUT2D eigenvalue weighted by Crippen LogP contribution is -2.15. The van der Waals surface area contributed by atoms with Crippen molar-refractivity contribution in [2.75, 3.05) is 4.72 Å². The van der Waals surface area contributed by atoms with Crippen LogP contribution in [0.3, 0.4) is 0 Å². The van der Waals surface area contributed by atoms with Crippen molar-refractivity contribution >= 4 is 21.8 Å². The minimum absolute atomic E-state index is 0.0554. The molecule has 0 radical (unpaired) electrons. The first-order valence-corrected chi connectivity index (χ1v) is 7.02. The number of aromatic carboxylic acids is 1. The summed E-state index contributed by atoms with van der Waals surface area (Å²) in [5, 5.41) is 18.6. The van der Waals surface area contributed by atoms with E-state index in [4.69, 9.17) is 5.11 Å². The number of nitrogens with one attached hydrogen (secondary N) is 2. The number of aryl methyl sites for hydroxylation is 2. The van der Waals surface area contributed by atoms with Crippen LogP contribution in [0.5, 0.6) is 0 Å². The van der Waals surface area contributed by atoms with Gasteiger partial charge in [-0.05, 0) is 13.8 Å². The van der Waals surface area contributed by atoms with Crippen molar-refractivity contribution in [1.29, 1.82) is 0 Å². The molecule has 0 atom stereocenters. The van der Waals surface area contributed by atoms with Crippen molar-refractivity contribution in [3.63, 3.8) is 0 Å². The Morgan fingerprint density at radius 2 is 2.10 bits per heavy atom. The summed E-state index contributed by atoms with van der Waals surface area (Å²) in [6.45, 7) is 3.20. The Hall–Kier alpha value is -2.36. The van der Waals surface area contributed by atoms with Crippen molar-refractivity contribution in [3.8, 4) is 0 Å². The molecule has 2 aromatic heterocycles. The van der Waals surface area contributed by atoms with Crippen LogP contribution in [0.4, 0.5) is 5.82 Å². The maximum Gasteiger partial charge on any atom is 0.353 e. The normalized spacial score (nSPS) is 11.6. The maximum absolute atomic E-state index is 12.3. The Labute approximate surface area is 114 Å². The second-order valence-corrected chi connectivity index (χ2v) is 5.82. The Bertz CT molecular complexity index is 774. The molecule has 0 saturated heterocycles. The minimum atomic E-state index is -3.87. The number of hydrogen-bond donors (Lipinski definition) is 3. The molecule has 0 spiro atoms. The SMILES string of the molecule is Cc1nn(C)c(C)c1S(=O)(=O)Nc1cc(C(=O)O)[nH]n1. The lowest BCUT2D eigenvalue weighted by molar-refractivity contribution is 0.0690. The summed E-state index contributed by atoms with van der Waals surface area (Å²) in [5.41, 5.74) is 0.623. The first-order valence-electron chi connectivity index (χ1n) is 5.54. The van der Waals surface area contributed by atoms with Gasteiger partial charge in [0.05, 0.1) is 11.4 Å². The Kier molecular flexibility index (Phi) is 3.26. The molecular formula is C10H13N5O4S. The van der Waals surface area contributed by atoms with Crippen molar-refractivity contribution in [2.45, 2.75) is 18.7 Å². The van der Waals surface area contributed by atoms with Gasteiger partial charge in [0.25, 0.3) is 10.0 Å². The average Bonchev–Trinajstić information content (AvgIpc) is 2.84. The number of anilines is 1. The molecule has 2 aromatic rings. The lowest BCUT2D eigenvalue weighted by atomic mass is 10.4. The van der Waals surface area contributed by atoms with Crippen LogP contribution < -0.4 is 4.72 Å². The monoisotopic (exact) mass is 299 g/mol. The highest BCUT2D eigenvalue weighted by Gasteiger charge is 2.25. The van der Waals surface area contributed by atoms with Gasteiger partial charge in [0.1, 0.15) is 10.6 Å². The van der Waals surface area contributed by atoms with E-state index in [9.17, 15) is 13.2 Å². The van der Waals surface area contributed by atoms with Gasteiger partial charge in [0.2, 0.25) is 0 Å². The summed E-state index contributed by atoms with van der Waals surface area (Å²) >= 11 is 0. The molecule has 10 heteroatoms. The largest absolute Gasteiger partial charge is 0.477 e. The molecule has 0 unspecified atom stereocenters. The van der Waals surface area contributed by atoms with E-state index >= 15 is 0 Å². The molecule has 0 saturated carbocycles. The predicted molar refractivity (Wildman–Crippen MR) is 69.0 cm³/mol. The number of aromatic amines is 1. The number of hydrogen-bond acceptors (Lipinski definition) is 5. The van der Waals surface area contributed by atoms with Crippen LogP contribution in [0.1, 0.15) is 21.9 Å². The molecule has 108 valence electrons. The van der Waals surface area contributed by atoms with Crippen molar-refractivity contribution in [3.05, 3.63) is 23.1 Å². The molecule has 2 heterocycles. The molecule has 0 bridgehead atoms. The van der Waals surface area contributed by atoms with Crippen LogP contribution in [-0.2, 0) is 17.1 Å². The van der Waals surface area contributed by atoms with Crippen molar-refractivity contribution in [1.82, 2.24) is 20.0 Å². The third kappa shape index (κ3) is 2.37. The van der Waals surface area contributed by atoms with Gasteiger partial charge in [0.15, 0.2) is 5.82 Å². The zero-order chi connectivity index (χ0) is 15.1. The highest BCUT2D eigenvalue weighted by Crippen LogP contribution is 2.21. The van der Waals surface area contributed by atoms with Crippen LogP contribution in [-0.4, -0.2) is 39.5 Å². The van der Waals surface area contributed by atoms with Gasteiger partial charge in [-0.1, -0.05) is 0 Å². The molecule has 0 aliphatic rings. The number of H-pyrrole nitrogens is 1. The molecule has 0 aliphatic carbocycles. The number of sulfonamides is 1. The van der Waals surface area contributed by atoms with Gasteiger partial charge in [-0.2, -0.15) is 10.2 Å². The van der Waals surface area contributed by atoms with E-state index in [0.717, 1.165) is 6.07 Å². The van der Waals surface area contributed by atoms with E-state index in [-0.39, 0.29) is 16.4 Å². The number of carbonyl (C=O) groups is 1. The van der Waals surface area contributed by atoms with E-state index in [0.29, 0.717) is 11.4 Å². The third-order valence-corrected chi connectivity index (χ3v) is 4.36. The summed E-state index contributed by atoms with van der Waals surface area (Å²) in [5.74, 6) is -1.32. The molecule has 0 aromatic carbocycles. The van der Waals surface area contributed by atoms with E-state index in [1.807, 2.05) is 0 Å². The van der Waals surface area contributed by atoms with Crippen LogP contribution in [0.15, 0.2) is 11.0 Å². The molecule has 9 nitrogen and oxygen atoms in total. The van der Waals surface area contributed by atoms with Crippen LogP contribution in [0.2, 0.25) is 0 Å². The van der Waals surface area contributed by atoms with Gasteiger partial charge in [-0.3, -0.25) is 14.5 Å². The van der Waals surface area contributed by atoms with Gasteiger partial charge in [-0.25, -0.2) is 13.2 Å². The third-order valence-electron chi connectivity index (χ3n) is 2.76. The molecule has 2 rings (SSSR count). The van der Waals surface area contributed by atoms with Crippen LogP contribution in [0, 0.1) is 13.8 Å². The number of carboxylic acids is 1. The van der Waals surface area contributed by atoms with E-state index in [1.165, 1.54) is 4.68 Å². The molecule has 3 N–H and O–H groups in total. The summed E-state index contributed by atoms with van der Waals surface area (Å²) in [4.78, 5) is 10.8. The van der Waals surface area contributed by atoms with E-state index < -0.39 is 16.0 Å². The molecule has 20 heavy (non-hydrogen) atoms. The van der Waals surface area contributed by atoms with E-state index in [1.54, 1.807) is 20.9 Å². The Morgan fingerprint density at radius 1 is 1.45 bits per heavy atom. The summed E-state index contributed by atoms with van der Waals surface area (Å²) in [6, 6.07) is 1.10. The average molecular weight is 299 g/mol. The van der Waals surface area contributed by atoms with Gasteiger partial charge < -0.3 is 5.11 Å². The first-order chi connectivity index (χ1) is 9.22. The fourth-order valence-electron chi connectivity index (χ4n) is 1.82. The highest BCUT2D eigenvalue weighted by molar-refractivity contribution is 7.92. The van der Waals surface area contributed by atoms with Crippen LogP contribution >= 0.6 is 0 Å². The van der Waals surface area contributed by atoms with E-state index in [2.05, 4.69) is 20.0 Å². The topological polar surface area (TPSA) is 130 Å². The van der Waals surface area contributed by atoms with Gasteiger partial charge >= 0.3 is 5.97 Å². The molecule has 0 aliphatic heterocycles. The summed E-state index contributed by atoms with van der Waals surface area (Å²) < 4.78 is 28.2. The van der Waals surface area contributed by atoms with Crippen LogP contribution in [0.25, 0.3) is 0 Å². The molecule has 0 amide bonds. The fourth-order valence-corrected chi connectivity index (χ4v) is 3.25. The molecule has 0 fully saturated rings. The first kappa shape index (κ1) is 14.1. The van der Waals surface area contributed by atoms with Crippen molar-refractivity contribution in [2.24, 2.45) is 7.05 Å². The highest BCUT2D eigenvalue weighted by atomic mass is 32.2. The standard InChI is InChI=1S/C10H13N5O4S/c1-5-9(6(2)15(3)13-5)20(18,19)14-8-4-7(10(16)17)11-12-8/h4H,1-3H3,(H,16,17)(H2,11,12,14).